The third kappa shape index (κ3) is 6.83. The molecule has 8 heteroatoms. The summed E-state index contributed by atoms with van der Waals surface area (Å²) in [4.78, 5) is 11.5. The molecular weight excluding hydrogens is 430 g/mol. The number of methoxy groups -OCH3 is 2. The number of allylic oxidation sites excluding steroid dienone is 1. The number of carboxylic acids is 1. The van der Waals surface area contributed by atoms with Crippen molar-refractivity contribution in [2.24, 2.45) is 5.92 Å². The van der Waals surface area contributed by atoms with E-state index >= 15 is 0 Å². The van der Waals surface area contributed by atoms with Crippen molar-refractivity contribution in [2.75, 3.05) is 14.2 Å². The number of ether oxygens (including phenoxy) is 2. The van der Waals surface area contributed by atoms with Gasteiger partial charge in [0.1, 0.15) is 11.5 Å². The van der Waals surface area contributed by atoms with Crippen molar-refractivity contribution < 1.29 is 27.8 Å². The molecule has 0 spiro atoms. The lowest BCUT2D eigenvalue weighted by atomic mass is 10.0. The van der Waals surface area contributed by atoms with E-state index in [4.69, 9.17) is 9.47 Å². The summed E-state index contributed by atoms with van der Waals surface area (Å²) in [6.07, 6.45) is 1.54. The largest absolute Gasteiger partial charge is 0.497 e. The third-order valence-corrected chi connectivity index (χ3v) is 7.70. The van der Waals surface area contributed by atoms with Crippen molar-refractivity contribution in [1.29, 1.82) is 0 Å². The van der Waals surface area contributed by atoms with Gasteiger partial charge >= 0.3 is 5.97 Å². The van der Waals surface area contributed by atoms with Gasteiger partial charge in [0.05, 0.1) is 25.9 Å². The number of benzene rings is 2. The Labute approximate surface area is 190 Å². The van der Waals surface area contributed by atoms with Gasteiger partial charge in [-0.1, -0.05) is 37.3 Å². The fraction of sp³-hybridized carbons (Fsp3) is 0.375. The lowest BCUT2D eigenvalue weighted by Gasteiger charge is -2.30. The van der Waals surface area contributed by atoms with Gasteiger partial charge in [-0.2, -0.15) is 4.31 Å². The SMILES string of the molecule is C=CC[C@@H](C)[C@H](CC(=O)O)S(=O)(=O)N(Cc1ccc(OC)cc1)Cc1ccc(OC)cc1. The first kappa shape index (κ1) is 25.4. The molecule has 7 nitrogen and oxygen atoms in total. The van der Waals surface area contributed by atoms with Crippen molar-refractivity contribution in [3.05, 3.63) is 72.3 Å². The minimum Gasteiger partial charge on any atom is -0.497 e. The zero-order valence-electron chi connectivity index (χ0n) is 18.7. The first-order chi connectivity index (χ1) is 15.2. The number of aliphatic carboxylic acids is 1. The second-order valence-corrected chi connectivity index (χ2v) is 9.80. The Bertz CT molecular complexity index is 937. The minimum absolute atomic E-state index is 0.106. The average molecular weight is 462 g/mol. The normalized spacial score (nSPS) is 13.4. The van der Waals surface area contributed by atoms with Gasteiger partial charge in [0.15, 0.2) is 0 Å². The Kier molecular flexibility index (Phi) is 9.28. The Morgan fingerprint density at radius 1 is 1.00 bits per heavy atom. The van der Waals surface area contributed by atoms with Crippen LogP contribution >= 0.6 is 0 Å². The molecule has 0 aliphatic heterocycles. The zero-order valence-corrected chi connectivity index (χ0v) is 19.5. The molecule has 0 radical (unpaired) electrons. The van der Waals surface area contributed by atoms with Gasteiger partial charge in [-0.05, 0) is 47.7 Å². The molecule has 0 unspecified atom stereocenters. The minimum atomic E-state index is -3.97. The van der Waals surface area contributed by atoms with Crippen LogP contribution in [-0.2, 0) is 27.9 Å². The van der Waals surface area contributed by atoms with Crippen LogP contribution < -0.4 is 9.47 Å². The van der Waals surface area contributed by atoms with Crippen molar-refractivity contribution in [2.45, 2.75) is 38.1 Å². The van der Waals surface area contributed by atoms with E-state index in [-0.39, 0.29) is 13.1 Å². The van der Waals surface area contributed by atoms with E-state index in [0.717, 1.165) is 11.1 Å². The van der Waals surface area contributed by atoms with E-state index in [1.165, 1.54) is 4.31 Å². The molecule has 0 heterocycles. The lowest BCUT2D eigenvalue weighted by Crippen LogP contribution is -2.42. The van der Waals surface area contributed by atoms with E-state index in [9.17, 15) is 18.3 Å². The third-order valence-electron chi connectivity index (χ3n) is 5.33. The van der Waals surface area contributed by atoms with Crippen LogP contribution in [0.5, 0.6) is 11.5 Å². The fourth-order valence-electron chi connectivity index (χ4n) is 3.48. The molecule has 0 fully saturated rings. The summed E-state index contributed by atoms with van der Waals surface area (Å²) >= 11 is 0. The topological polar surface area (TPSA) is 93.1 Å². The highest BCUT2D eigenvalue weighted by atomic mass is 32.2. The van der Waals surface area contributed by atoms with E-state index in [1.54, 1.807) is 75.8 Å². The van der Waals surface area contributed by atoms with Crippen LogP contribution in [0.3, 0.4) is 0 Å². The summed E-state index contributed by atoms with van der Waals surface area (Å²) in [5.41, 5.74) is 1.54. The molecule has 0 bridgehead atoms. The van der Waals surface area contributed by atoms with Crippen LogP contribution in [0.25, 0.3) is 0 Å². The van der Waals surface area contributed by atoms with Crippen molar-refractivity contribution in [3.8, 4) is 11.5 Å². The predicted molar refractivity (Wildman–Crippen MR) is 124 cm³/mol. The molecule has 2 aromatic rings. The Hall–Kier alpha value is -2.84. The van der Waals surface area contributed by atoms with Gasteiger partial charge in [-0.15, -0.1) is 6.58 Å². The average Bonchev–Trinajstić information content (AvgIpc) is 2.78. The van der Waals surface area contributed by atoms with Gasteiger partial charge in [0.25, 0.3) is 0 Å². The summed E-state index contributed by atoms with van der Waals surface area (Å²) in [6.45, 7) is 5.63. The van der Waals surface area contributed by atoms with Gasteiger partial charge in [0.2, 0.25) is 10.0 Å². The number of hydrogen-bond donors (Lipinski definition) is 1. The predicted octanol–water partition coefficient (Wildman–Crippen LogP) is 4.09. The number of nitrogens with zero attached hydrogens (tertiary/aromatic N) is 1. The Balaban J connectivity index is 2.43. The standard InChI is InChI=1S/C24H31NO6S/c1-5-6-18(2)23(15-24(26)27)32(28,29)25(16-19-7-11-21(30-3)12-8-19)17-20-9-13-22(31-4)14-10-20/h5,7-14,18,23H,1,6,15-17H2,2-4H3,(H,26,27)/t18-,23+/m1/s1. The summed E-state index contributed by atoms with van der Waals surface area (Å²) in [5, 5.41) is 8.33. The van der Waals surface area contributed by atoms with E-state index < -0.39 is 33.6 Å². The highest BCUT2D eigenvalue weighted by Crippen LogP contribution is 2.27. The van der Waals surface area contributed by atoms with Crippen LogP contribution in [-0.4, -0.2) is 43.3 Å². The van der Waals surface area contributed by atoms with Crippen molar-refractivity contribution >= 4 is 16.0 Å². The quantitative estimate of drug-likeness (QED) is 0.452. The molecule has 0 aliphatic carbocycles. The summed E-state index contributed by atoms with van der Waals surface area (Å²) in [7, 11) is -0.840. The molecule has 32 heavy (non-hydrogen) atoms. The maximum atomic E-state index is 13.7. The number of rotatable bonds is 13. The van der Waals surface area contributed by atoms with Gasteiger partial charge < -0.3 is 14.6 Å². The van der Waals surface area contributed by atoms with Gasteiger partial charge in [-0.3, -0.25) is 4.79 Å². The molecule has 2 atom stereocenters. The smallest absolute Gasteiger partial charge is 0.304 e. The molecule has 0 aromatic heterocycles. The second-order valence-electron chi connectivity index (χ2n) is 7.65. The van der Waals surface area contributed by atoms with E-state index in [2.05, 4.69) is 6.58 Å². The fourth-order valence-corrected chi connectivity index (χ4v) is 5.58. The first-order valence-corrected chi connectivity index (χ1v) is 11.8. The monoisotopic (exact) mass is 461 g/mol. The number of hydrogen-bond acceptors (Lipinski definition) is 5. The van der Waals surface area contributed by atoms with Crippen molar-refractivity contribution in [3.63, 3.8) is 0 Å². The van der Waals surface area contributed by atoms with Gasteiger partial charge in [0, 0.05) is 13.1 Å². The molecule has 0 amide bonds. The second kappa shape index (κ2) is 11.7. The molecular formula is C24H31NO6S. The highest BCUT2D eigenvalue weighted by Gasteiger charge is 2.37. The van der Waals surface area contributed by atoms with Crippen molar-refractivity contribution in [1.82, 2.24) is 4.31 Å². The van der Waals surface area contributed by atoms with Crippen LogP contribution in [0.2, 0.25) is 0 Å². The molecule has 2 aromatic carbocycles. The number of carboxylic acid groups (broad SMARTS) is 1. The van der Waals surface area contributed by atoms with Crippen LogP contribution in [0.4, 0.5) is 0 Å². The first-order valence-electron chi connectivity index (χ1n) is 10.3. The van der Waals surface area contributed by atoms with Crippen LogP contribution in [0, 0.1) is 5.92 Å². The summed E-state index contributed by atoms with van der Waals surface area (Å²) in [6, 6.07) is 14.3. The Morgan fingerprint density at radius 2 is 1.44 bits per heavy atom. The molecule has 0 saturated heterocycles. The zero-order chi connectivity index (χ0) is 23.7. The molecule has 174 valence electrons. The molecule has 0 saturated carbocycles. The lowest BCUT2D eigenvalue weighted by molar-refractivity contribution is -0.137. The van der Waals surface area contributed by atoms with E-state index in [1.807, 2.05) is 0 Å². The van der Waals surface area contributed by atoms with E-state index in [0.29, 0.717) is 17.9 Å². The van der Waals surface area contributed by atoms with Crippen LogP contribution in [0.15, 0.2) is 61.2 Å². The highest BCUT2D eigenvalue weighted by molar-refractivity contribution is 7.89. The molecule has 2 rings (SSSR count). The number of carbonyl (C=O) groups is 1. The summed E-state index contributed by atoms with van der Waals surface area (Å²) < 4.78 is 39.1. The Morgan fingerprint density at radius 3 is 1.78 bits per heavy atom. The summed E-state index contributed by atoms with van der Waals surface area (Å²) in [5.74, 6) is -0.213. The van der Waals surface area contributed by atoms with Gasteiger partial charge in [-0.25, -0.2) is 8.42 Å². The maximum absolute atomic E-state index is 13.7. The van der Waals surface area contributed by atoms with Crippen LogP contribution in [0.1, 0.15) is 30.9 Å². The maximum Gasteiger partial charge on any atom is 0.304 e. The molecule has 1 N–H and O–H groups in total. The number of sulfonamides is 1. The molecule has 0 aliphatic rings.